The van der Waals surface area contributed by atoms with E-state index in [1.54, 1.807) is 10.5 Å². The lowest BCUT2D eigenvalue weighted by molar-refractivity contribution is 0.188. The molecule has 2 fully saturated rings. The number of aromatic nitrogens is 2. The van der Waals surface area contributed by atoms with Crippen molar-refractivity contribution in [2.75, 3.05) is 25.5 Å². The number of rotatable bonds is 5. The number of hydrogen-bond acceptors (Lipinski definition) is 4. The third-order valence-corrected chi connectivity index (χ3v) is 6.57. The molecule has 1 aromatic heterocycles. The zero-order valence-electron chi connectivity index (χ0n) is 12.4. The molecule has 2 aliphatic heterocycles. The largest absolute Gasteiger partial charge is 0.381 e. The van der Waals surface area contributed by atoms with E-state index < -0.39 is 10.0 Å². The second-order valence-electron chi connectivity index (χ2n) is 6.04. The number of sulfonamides is 1. The smallest absolute Gasteiger partial charge is 0.214 e. The molecule has 1 aromatic rings. The lowest BCUT2D eigenvalue weighted by atomic mass is 10.2. The number of imidazole rings is 1. The van der Waals surface area contributed by atoms with Crippen LogP contribution in [0.2, 0.25) is 0 Å². The van der Waals surface area contributed by atoms with Crippen LogP contribution in [0.25, 0.3) is 0 Å². The van der Waals surface area contributed by atoms with Gasteiger partial charge in [0.2, 0.25) is 10.0 Å². The van der Waals surface area contributed by atoms with E-state index >= 15 is 0 Å². The highest BCUT2D eigenvalue weighted by Crippen LogP contribution is 2.26. The molecular weight excluding hydrogens is 290 g/mol. The maximum absolute atomic E-state index is 12.7. The van der Waals surface area contributed by atoms with Crippen LogP contribution in [-0.2, 0) is 21.3 Å². The van der Waals surface area contributed by atoms with Gasteiger partial charge in [0.15, 0.2) is 0 Å². The van der Waals surface area contributed by atoms with Crippen molar-refractivity contribution in [3.8, 4) is 0 Å². The van der Waals surface area contributed by atoms with Crippen molar-refractivity contribution in [1.82, 2.24) is 13.9 Å². The Balaban J connectivity index is 1.69. The highest BCUT2D eigenvalue weighted by Gasteiger charge is 2.36. The predicted molar refractivity (Wildman–Crippen MR) is 79.4 cm³/mol. The highest BCUT2D eigenvalue weighted by atomic mass is 32.2. The van der Waals surface area contributed by atoms with Crippen molar-refractivity contribution < 1.29 is 13.2 Å². The summed E-state index contributed by atoms with van der Waals surface area (Å²) >= 11 is 0. The van der Waals surface area contributed by atoms with Crippen LogP contribution in [0.15, 0.2) is 12.4 Å². The molecular formula is C14H23N3O3S. The van der Waals surface area contributed by atoms with E-state index in [9.17, 15) is 8.42 Å². The minimum absolute atomic E-state index is 0.0604. The first kappa shape index (κ1) is 15.0. The molecule has 0 saturated carbocycles. The molecule has 3 heterocycles. The van der Waals surface area contributed by atoms with Gasteiger partial charge >= 0.3 is 0 Å². The Labute approximate surface area is 126 Å². The first-order chi connectivity index (χ1) is 10.1. The van der Waals surface area contributed by atoms with Crippen molar-refractivity contribution in [1.29, 1.82) is 0 Å². The fourth-order valence-corrected chi connectivity index (χ4v) is 5.37. The van der Waals surface area contributed by atoms with E-state index in [0.717, 1.165) is 25.1 Å². The van der Waals surface area contributed by atoms with Gasteiger partial charge < -0.3 is 9.30 Å². The lowest BCUT2D eigenvalue weighted by Crippen LogP contribution is -2.40. The second kappa shape index (κ2) is 6.06. The fraction of sp³-hybridized carbons (Fsp3) is 0.786. The van der Waals surface area contributed by atoms with Crippen LogP contribution in [0, 0.1) is 12.8 Å². The number of hydrogen-bond donors (Lipinski definition) is 0. The molecule has 6 nitrogen and oxygen atoms in total. The summed E-state index contributed by atoms with van der Waals surface area (Å²) in [6, 6.07) is 0.0604. The van der Waals surface area contributed by atoms with Crippen molar-refractivity contribution in [2.45, 2.75) is 38.8 Å². The normalized spacial score (nSPS) is 27.5. The van der Waals surface area contributed by atoms with Gasteiger partial charge in [0.1, 0.15) is 5.82 Å². The van der Waals surface area contributed by atoms with Crippen LogP contribution in [0.5, 0.6) is 0 Å². The van der Waals surface area contributed by atoms with Crippen LogP contribution in [0.1, 0.15) is 25.1 Å². The predicted octanol–water partition coefficient (Wildman–Crippen LogP) is 1.02. The molecule has 0 radical (unpaired) electrons. The lowest BCUT2D eigenvalue weighted by Gasteiger charge is -2.25. The standard InChI is InChI=1S/C14H23N3O3S/c1-12-15-5-7-16(12)9-14-3-2-6-17(14)21(18,19)11-13-4-8-20-10-13/h5,7,13-14H,2-4,6,8-11H2,1H3/t13-,14+/m0/s1. The van der Waals surface area contributed by atoms with Gasteiger partial charge in [-0.1, -0.05) is 0 Å². The monoisotopic (exact) mass is 313 g/mol. The minimum Gasteiger partial charge on any atom is -0.381 e. The quantitative estimate of drug-likeness (QED) is 0.814. The average molecular weight is 313 g/mol. The molecule has 21 heavy (non-hydrogen) atoms. The summed E-state index contributed by atoms with van der Waals surface area (Å²) in [5, 5.41) is 0. The summed E-state index contributed by atoms with van der Waals surface area (Å²) in [4.78, 5) is 4.21. The van der Waals surface area contributed by atoms with E-state index in [0.29, 0.717) is 26.3 Å². The maximum Gasteiger partial charge on any atom is 0.214 e. The molecule has 7 heteroatoms. The number of ether oxygens (including phenoxy) is 1. The summed E-state index contributed by atoms with van der Waals surface area (Å²) in [5.41, 5.74) is 0. The molecule has 0 N–H and O–H groups in total. The topological polar surface area (TPSA) is 64.4 Å². The van der Waals surface area contributed by atoms with Gasteiger partial charge in [-0.25, -0.2) is 13.4 Å². The van der Waals surface area contributed by atoms with Crippen LogP contribution in [-0.4, -0.2) is 53.8 Å². The molecule has 0 spiro atoms. The Kier molecular flexibility index (Phi) is 4.33. The average Bonchev–Trinajstić information content (AvgIpc) is 3.13. The van der Waals surface area contributed by atoms with E-state index in [2.05, 4.69) is 4.98 Å². The summed E-state index contributed by atoms with van der Waals surface area (Å²) in [6.07, 6.45) is 6.41. The van der Waals surface area contributed by atoms with Crippen LogP contribution < -0.4 is 0 Å². The molecule has 2 saturated heterocycles. The van der Waals surface area contributed by atoms with Gasteiger partial charge in [0, 0.05) is 38.1 Å². The van der Waals surface area contributed by atoms with Crippen molar-refractivity contribution in [3.05, 3.63) is 18.2 Å². The van der Waals surface area contributed by atoms with Crippen molar-refractivity contribution in [3.63, 3.8) is 0 Å². The van der Waals surface area contributed by atoms with Gasteiger partial charge in [0.25, 0.3) is 0 Å². The highest BCUT2D eigenvalue weighted by molar-refractivity contribution is 7.89. The SMILES string of the molecule is Cc1nccn1C[C@H]1CCCN1S(=O)(=O)C[C@H]1CCOC1. The van der Waals surface area contributed by atoms with E-state index in [-0.39, 0.29) is 17.7 Å². The zero-order valence-corrected chi connectivity index (χ0v) is 13.3. The van der Waals surface area contributed by atoms with Crippen molar-refractivity contribution >= 4 is 10.0 Å². The van der Waals surface area contributed by atoms with Gasteiger partial charge in [-0.05, 0) is 32.1 Å². The Hall–Kier alpha value is -0.920. The van der Waals surface area contributed by atoms with Crippen LogP contribution >= 0.6 is 0 Å². The molecule has 0 bridgehead atoms. The Morgan fingerprint density at radius 1 is 1.43 bits per heavy atom. The van der Waals surface area contributed by atoms with Crippen molar-refractivity contribution in [2.24, 2.45) is 5.92 Å². The summed E-state index contributed by atoms with van der Waals surface area (Å²) in [7, 11) is -3.19. The minimum atomic E-state index is -3.19. The molecule has 3 rings (SSSR count). The summed E-state index contributed by atoms with van der Waals surface area (Å²) in [5.74, 6) is 1.32. The molecule has 0 aromatic carbocycles. The Bertz CT molecular complexity index is 578. The first-order valence-corrected chi connectivity index (χ1v) is 9.22. The fourth-order valence-electron chi connectivity index (χ4n) is 3.29. The van der Waals surface area contributed by atoms with Gasteiger partial charge in [-0.15, -0.1) is 0 Å². The van der Waals surface area contributed by atoms with E-state index in [1.165, 1.54) is 0 Å². The van der Waals surface area contributed by atoms with Crippen LogP contribution in [0.3, 0.4) is 0 Å². The second-order valence-corrected chi connectivity index (χ2v) is 8.01. The Morgan fingerprint density at radius 3 is 2.95 bits per heavy atom. The van der Waals surface area contributed by atoms with E-state index in [4.69, 9.17) is 4.74 Å². The molecule has 0 aliphatic carbocycles. The third kappa shape index (κ3) is 3.30. The molecule has 2 aliphatic rings. The number of aryl methyl sites for hydroxylation is 1. The van der Waals surface area contributed by atoms with Gasteiger partial charge in [-0.2, -0.15) is 4.31 Å². The van der Waals surface area contributed by atoms with Gasteiger partial charge in [0.05, 0.1) is 12.4 Å². The molecule has 2 atom stereocenters. The molecule has 0 amide bonds. The first-order valence-electron chi connectivity index (χ1n) is 7.61. The Morgan fingerprint density at radius 2 is 2.29 bits per heavy atom. The number of nitrogens with zero attached hydrogens (tertiary/aromatic N) is 3. The van der Waals surface area contributed by atoms with Crippen LogP contribution in [0.4, 0.5) is 0 Å². The van der Waals surface area contributed by atoms with Gasteiger partial charge in [-0.3, -0.25) is 0 Å². The zero-order chi connectivity index (χ0) is 14.9. The third-order valence-electron chi connectivity index (χ3n) is 4.48. The molecule has 118 valence electrons. The summed E-state index contributed by atoms with van der Waals surface area (Å²) < 4.78 is 34.4. The summed E-state index contributed by atoms with van der Waals surface area (Å²) in [6.45, 7) is 4.57. The van der Waals surface area contributed by atoms with E-state index in [1.807, 2.05) is 17.7 Å². The molecule has 0 unspecified atom stereocenters. The maximum atomic E-state index is 12.7.